The Kier molecular flexibility index (Phi) is 5.53. The van der Waals surface area contributed by atoms with Crippen LogP contribution in [0.25, 0.3) is 0 Å². The Hall–Kier alpha value is -1.26. The Bertz CT molecular complexity index is 903. The summed E-state index contributed by atoms with van der Waals surface area (Å²) in [6.07, 6.45) is -3.86. The van der Waals surface area contributed by atoms with Crippen LogP contribution < -0.4 is 4.90 Å². The molecule has 0 aromatic heterocycles. The van der Waals surface area contributed by atoms with Crippen molar-refractivity contribution in [3.05, 3.63) is 28.8 Å². The van der Waals surface area contributed by atoms with Gasteiger partial charge >= 0.3 is 6.18 Å². The van der Waals surface area contributed by atoms with E-state index in [4.69, 9.17) is 11.6 Å². The van der Waals surface area contributed by atoms with Crippen LogP contribution in [0.2, 0.25) is 5.02 Å². The van der Waals surface area contributed by atoms with E-state index >= 15 is 0 Å². The maximum Gasteiger partial charge on any atom is 0.417 e. The van der Waals surface area contributed by atoms with Gasteiger partial charge in [0.1, 0.15) is 0 Å². The van der Waals surface area contributed by atoms with Crippen molar-refractivity contribution in [2.24, 2.45) is 4.99 Å². The third-order valence-corrected chi connectivity index (χ3v) is 7.82. The number of alkyl halides is 3. The van der Waals surface area contributed by atoms with E-state index in [1.165, 1.54) is 11.0 Å². The summed E-state index contributed by atoms with van der Waals surface area (Å²) in [5, 5.41) is -0.601. The Morgan fingerprint density at radius 3 is 2.70 bits per heavy atom. The van der Waals surface area contributed by atoms with Crippen molar-refractivity contribution in [1.29, 1.82) is 0 Å². The molecule has 148 valence electrons. The number of thioether (sulfide) groups is 1. The van der Waals surface area contributed by atoms with Crippen LogP contribution in [0.4, 0.5) is 18.9 Å². The molecule has 0 spiro atoms. The van der Waals surface area contributed by atoms with Crippen molar-refractivity contribution in [3.63, 3.8) is 0 Å². The summed E-state index contributed by atoms with van der Waals surface area (Å²) in [6.45, 7) is 1.81. The maximum absolute atomic E-state index is 13.2. The second-order valence-electron chi connectivity index (χ2n) is 6.37. The number of benzene rings is 1. The predicted molar refractivity (Wildman–Crippen MR) is 100 cm³/mol. The van der Waals surface area contributed by atoms with Gasteiger partial charge in [-0.15, -0.1) is 0 Å². The van der Waals surface area contributed by atoms with Gasteiger partial charge in [-0.25, -0.2) is 8.42 Å². The lowest BCUT2D eigenvalue weighted by Crippen LogP contribution is -2.37. The van der Waals surface area contributed by atoms with E-state index in [0.29, 0.717) is 6.42 Å². The second kappa shape index (κ2) is 7.29. The first-order valence-corrected chi connectivity index (χ1v) is 11.2. The van der Waals surface area contributed by atoms with Crippen molar-refractivity contribution in [3.8, 4) is 0 Å². The normalized spacial score (nSPS) is 25.8. The predicted octanol–water partition coefficient (Wildman–Crippen LogP) is 3.76. The monoisotopic (exact) mass is 440 g/mol. The molecule has 2 saturated heterocycles. The second-order valence-corrected chi connectivity index (χ2v) is 10.1. The molecule has 2 fully saturated rings. The number of hydrogen-bond acceptors (Lipinski definition) is 4. The zero-order valence-corrected chi connectivity index (χ0v) is 16.6. The van der Waals surface area contributed by atoms with Crippen molar-refractivity contribution in [1.82, 2.24) is 0 Å². The molecule has 0 saturated carbocycles. The molecule has 2 heterocycles. The molecule has 0 N–H and O–H groups in total. The highest BCUT2D eigenvalue weighted by Crippen LogP contribution is 2.43. The smallest absolute Gasteiger partial charge is 0.316 e. The van der Waals surface area contributed by atoms with Gasteiger partial charge < -0.3 is 4.90 Å². The number of nitrogens with zero attached hydrogens (tertiary/aromatic N) is 2. The minimum Gasteiger partial charge on any atom is -0.316 e. The molecule has 2 atom stereocenters. The van der Waals surface area contributed by atoms with E-state index in [9.17, 15) is 26.4 Å². The van der Waals surface area contributed by atoms with E-state index < -0.39 is 38.5 Å². The van der Waals surface area contributed by atoms with E-state index in [-0.39, 0.29) is 34.0 Å². The lowest BCUT2D eigenvalue weighted by Gasteiger charge is -2.25. The number of aliphatic imine (C=N–C) groups is 1. The number of hydrogen-bond donors (Lipinski definition) is 0. The Morgan fingerprint density at radius 1 is 1.37 bits per heavy atom. The first kappa shape index (κ1) is 20.5. The Labute approximate surface area is 163 Å². The highest BCUT2D eigenvalue weighted by Gasteiger charge is 2.49. The lowest BCUT2D eigenvalue weighted by molar-refractivity contribution is -0.137. The molecular weight excluding hydrogens is 425 g/mol. The number of amidine groups is 1. The molecule has 5 nitrogen and oxygen atoms in total. The number of fused-ring (bicyclic) bond motifs is 1. The molecule has 3 rings (SSSR count). The standard InChI is InChI=1S/C16H16ClF3N2O3S2/c1-2-3-14(23)21-15-22(12-7-27(24,25)8-13(12)26-15)9-4-5-11(17)10(6-9)16(18,19)20/h4-6,12-13H,2-3,7-8H2,1H3/t12-,13+/m1/s1. The van der Waals surface area contributed by atoms with Crippen LogP contribution in [0.15, 0.2) is 23.2 Å². The Morgan fingerprint density at radius 2 is 2.07 bits per heavy atom. The fourth-order valence-electron chi connectivity index (χ4n) is 3.12. The number of amides is 1. The summed E-state index contributed by atoms with van der Waals surface area (Å²) in [7, 11) is -3.31. The zero-order chi connectivity index (χ0) is 20.0. The minimum atomic E-state index is -4.66. The van der Waals surface area contributed by atoms with Gasteiger partial charge in [0, 0.05) is 17.4 Å². The molecule has 0 radical (unpaired) electrons. The first-order valence-electron chi connectivity index (χ1n) is 8.16. The molecule has 2 aliphatic heterocycles. The van der Waals surface area contributed by atoms with Gasteiger partial charge in [-0.2, -0.15) is 18.2 Å². The lowest BCUT2D eigenvalue weighted by atomic mass is 10.1. The average molecular weight is 441 g/mol. The third-order valence-electron chi connectivity index (χ3n) is 4.28. The molecule has 11 heteroatoms. The fourth-order valence-corrected chi connectivity index (χ4v) is 7.28. The maximum atomic E-state index is 13.2. The summed E-state index contributed by atoms with van der Waals surface area (Å²) in [5.41, 5.74) is -0.901. The number of anilines is 1. The van der Waals surface area contributed by atoms with Crippen LogP contribution in [0.1, 0.15) is 25.3 Å². The quantitative estimate of drug-likeness (QED) is 0.716. The third kappa shape index (κ3) is 4.27. The summed E-state index contributed by atoms with van der Waals surface area (Å²) in [6, 6.07) is 2.80. The molecular formula is C16H16ClF3N2O3S2. The number of halogens is 4. The van der Waals surface area contributed by atoms with Crippen LogP contribution in [0.3, 0.4) is 0 Å². The fraction of sp³-hybridized carbons (Fsp3) is 0.500. The minimum absolute atomic E-state index is 0.0977. The molecule has 1 aromatic carbocycles. The van der Waals surface area contributed by atoms with Gasteiger partial charge in [0.25, 0.3) is 0 Å². The van der Waals surface area contributed by atoms with Crippen LogP contribution in [0, 0.1) is 0 Å². The largest absolute Gasteiger partial charge is 0.417 e. The van der Waals surface area contributed by atoms with Gasteiger partial charge in [0.2, 0.25) is 5.91 Å². The van der Waals surface area contributed by atoms with Gasteiger partial charge in [0.05, 0.1) is 28.1 Å². The SMILES string of the molecule is CCCC(=O)N=C1S[C@H]2CS(=O)(=O)C[C@H]2N1c1ccc(Cl)c(C(F)(F)F)c1. The molecule has 1 aromatic rings. The molecule has 0 aliphatic carbocycles. The summed E-state index contributed by atoms with van der Waals surface area (Å²) >= 11 is 6.80. The number of carbonyl (C=O) groups excluding carboxylic acids is 1. The number of sulfone groups is 1. The highest BCUT2D eigenvalue weighted by molar-refractivity contribution is 8.16. The zero-order valence-electron chi connectivity index (χ0n) is 14.2. The number of rotatable bonds is 3. The average Bonchev–Trinajstić information content (AvgIpc) is 2.98. The van der Waals surface area contributed by atoms with Gasteiger partial charge in [-0.1, -0.05) is 30.3 Å². The summed E-state index contributed by atoms with van der Waals surface area (Å²) in [5.74, 6) is -0.687. The van der Waals surface area contributed by atoms with Crippen molar-refractivity contribution >= 4 is 50.0 Å². The molecule has 2 aliphatic rings. The molecule has 0 unspecified atom stereocenters. The summed E-state index contributed by atoms with van der Waals surface area (Å²) in [4.78, 5) is 17.4. The van der Waals surface area contributed by atoms with Crippen LogP contribution in [-0.4, -0.2) is 42.3 Å². The van der Waals surface area contributed by atoms with Crippen molar-refractivity contribution in [2.75, 3.05) is 16.4 Å². The van der Waals surface area contributed by atoms with Crippen LogP contribution in [0.5, 0.6) is 0 Å². The van der Waals surface area contributed by atoms with Gasteiger partial charge in [-0.3, -0.25) is 4.79 Å². The molecule has 1 amide bonds. The van der Waals surface area contributed by atoms with E-state index in [1.54, 1.807) is 0 Å². The molecule has 27 heavy (non-hydrogen) atoms. The van der Waals surface area contributed by atoms with E-state index in [0.717, 1.165) is 23.9 Å². The van der Waals surface area contributed by atoms with Gasteiger partial charge in [0.15, 0.2) is 15.0 Å². The Balaban J connectivity index is 2.06. The van der Waals surface area contributed by atoms with Crippen molar-refractivity contribution < 1.29 is 26.4 Å². The van der Waals surface area contributed by atoms with Crippen LogP contribution >= 0.6 is 23.4 Å². The topological polar surface area (TPSA) is 66.8 Å². The van der Waals surface area contributed by atoms with Crippen molar-refractivity contribution in [2.45, 2.75) is 37.2 Å². The summed E-state index contributed by atoms with van der Waals surface area (Å²) < 4.78 is 63.6. The highest BCUT2D eigenvalue weighted by atomic mass is 35.5. The first-order chi connectivity index (χ1) is 12.5. The molecule has 0 bridgehead atoms. The number of carbonyl (C=O) groups is 1. The van der Waals surface area contributed by atoms with Gasteiger partial charge in [-0.05, 0) is 24.6 Å². The van der Waals surface area contributed by atoms with E-state index in [1.807, 2.05) is 6.92 Å². The van der Waals surface area contributed by atoms with Crippen LogP contribution in [-0.2, 0) is 20.8 Å². The van der Waals surface area contributed by atoms with E-state index in [2.05, 4.69) is 4.99 Å².